The van der Waals surface area contributed by atoms with Crippen LogP contribution in [0.2, 0.25) is 5.02 Å². The maximum atomic E-state index is 14.2. The summed E-state index contributed by atoms with van der Waals surface area (Å²) in [6.45, 7) is -0.129. The van der Waals surface area contributed by atoms with Crippen LogP contribution >= 0.6 is 11.6 Å². The van der Waals surface area contributed by atoms with E-state index in [4.69, 9.17) is 21.1 Å². The van der Waals surface area contributed by atoms with Gasteiger partial charge in [-0.1, -0.05) is 60.3 Å². The predicted molar refractivity (Wildman–Crippen MR) is 154 cm³/mol. The van der Waals surface area contributed by atoms with E-state index in [2.05, 4.69) is 15.6 Å². The maximum absolute atomic E-state index is 14.2. The molecule has 3 aromatic carbocycles. The minimum absolute atomic E-state index is 0.0534. The molecule has 208 valence electrons. The molecule has 4 aromatic rings. The van der Waals surface area contributed by atoms with Crippen LogP contribution in [0.3, 0.4) is 0 Å². The van der Waals surface area contributed by atoms with Crippen LogP contribution < -0.4 is 19.7 Å². The van der Waals surface area contributed by atoms with Gasteiger partial charge in [0.1, 0.15) is 18.1 Å². The SMILES string of the molecule is COc1ccc(N(C(=O)Cn2nnc3ccccc32)[C@@H](C(=O)NC2CCCCC2)c2ccc(Cl)cc2)cc1OC. The molecule has 10 heteroatoms. The Hall–Kier alpha value is -4.11. The fourth-order valence-electron chi connectivity index (χ4n) is 5.24. The standard InChI is InChI=1S/C30H32ClN5O4/c1-39-26-17-16-23(18-27(26)40-2)36(28(37)19-35-25-11-7-6-10-24(25)33-34-35)29(20-12-14-21(31)15-13-20)30(38)32-22-8-4-3-5-9-22/h6-7,10-18,22,29H,3-5,8-9,19H2,1-2H3,(H,32,38)/t29-/m1/s1. The van der Waals surface area contributed by atoms with Gasteiger partial charge in [-0.15, -0.1) is 5.10 Å². The molecule has 9 nitrogen and oxygen atoms in total. The Balaban J connectivity index is 1.60. The molecule has 1 aliphatic rings. The summed E-state index contributed by atoms with van der Waals surface area (Å²) in [5.74, 6) is 0.338. The molecule has 0 aliphatic heterocycles. The minimum atomic E-state index is -0.973. The van der Waals surface area contributed by atoms with Crippen LogP contribution in [0.15, 0.2) is 66.7 Å². The van der Waals surface area contributed by atoms with Crippen molar-refractivity contribution < 1.29 is 19.1 Å². The molecule has 1 heterocycles. The summed E-state index contributed by atoms with van der Waals surface area (Å²) in [6, 6.07) is 18.7. The first-order valence-corrected chi connectivity index (χ1v) is 13.7. The molecule has 2 amide bonds. The van der Waals surface area contributed by atoms with Gasteiger partial charge in [-0.2, -0.15) is 0 Å². The molecule has 1 aliphatic carbocycles. The Morgan fingerprint density at radius 3 is 2.45 bits per heavy atom. The fourth-order valence-corrected chi connectivity index (χ4v) is 5.37. The van der Waals surface area contributed by atoms with Crippen LogP contribution in [-0.2, 0) is 16.1 Å². The van der Waals surface area contributed by atoms with Crippen molar-refractivity contribution in [2.24, 2.45) is 0 Å². The number of anilines is 1. The first kappa shape index (κ1) is 27.5. The highest BCUT2D eigenvalue weighted by Crippen LogP contribution is 2.36. The second kappa shape index (κ2) is 12.4. The number of hydrogen-bond donors (Lipinski definition) is 1. The molecule has 1 aromatic heterocycles. The zero-order valence-electron chi connectivity index (χ0n) is 22.5. The number of benzene rings is 3. The van der Waals surface area contributed by atoms with Crippen molar-refractivity contribution in [3.05, 3.63) is 77.3 Å². The van der Waals surface area contributed by atoms with Crippen molar-refractivity contribution in [2.75, 3.05) is 19.1 Å². The third-order valence-electron chi connectivity index (χ3n) is 7.26. The van der Waals surface area contributed by atoms with E-state index < -0.39 is 6.04 Å². The van der Waals surface area contributed by atoms with Crippen LogP contribution in [0.5, 0.6) is 11.5 Å². The Labute approximate surface area is 238 Å². The number of hydrogen-bond acceptors (Lipinski definition) is 6. The van der Waals surface area contributed by atoms with Crippen LogP contribution in [0.4, 0.5) is 5.69 Å². The van der Waals surface area contributed by atoms with Gasteiger partial charge in [0, 0.05) is 22.8 Å². The zero-order chi connectivity index (χ0) is 28.1. The van der Waals surface area contributed by atoms with Crippen LogP contribution in [-0.4, -0.2) is 47.1 Å². The Morgan fingerprint density at radius 2 is 1.73 bits per heavy atom. The van der Waals surface area contributed by atoms with Crippen LogP contribution in [0, 0.1) is 0 Å². The van der Waals surface area contributed by atoms with Gasteiger partial charge in [0.25, 0.3) is 0 Å². The van der Waals surface area contributed by atoms with Gasteiger partial charge in [-0.05, 0) is 54.8 Å². The third-order valence-corrected chi connectivity index (χ3v) is 7.52. The lowest BCUT2D eigenvalue weighted by atomic mass is 9.94. The van der Waals surface area contributed by atoms with E-state index in [1.807, 2.05) is 24.3 Å². The summed E-state index contributed by atoms with van der Waals surface area (Å²) in [4.78, 5) is 29.8. The molecule has 5 rings (SSSR count). The number of fused-ring (bicyclic) bond motifs is 1. The quantitative estimate of drug-likeness (QED) is 0.297. The predicted octanol–water partition coefficient (Wildman–Crippen LogP) is 5.33. The van der Waals surface area contributed by atoms with E-state index in [9.17, 15) is 9.59 Å². The normalized spacial score (nSPS) is 14.5. The van der Waals surface area contributed by atoms with E-state index in [1.54, 1.807) is 54.3 Å². The summed E-state index contributed by atoms with van der Waals surface area (Å²) in [5, 5.41) is 12.2. The largest absolute Gasteiger partial charge is 0.493 e. The number of halogens is 1. The lowest BCUT2D eigenvalue weighted by molar-refractivity contribution is -0.127. The van der Waals surface area contributed by atoms with Crippen molar-refractivity contribution in [2.45, 2.75) is 50.7 Å². The number of ether oxygens (including phenoxy) is 2. The van der Waals surface area contributed by atoms with Gasteiger partial charge < -0.3 is 14.8 Å². The Bertz CT molecular complexity index is 1480. The van der Waals surface area contributed by atoms with Crippen molar-refractivity contribution in [3.63, 3.8) is 0 Å². The smallest absolute Gasteiger partial charge is 0.249 e. The minimum Gasteiger partial charge on any atom is -0.493 e. The van der Waals surface area contributed by atoms with Crippen LogP contribution in [0.25, 0.3) is 11.0 Å². The van der Waals surface area contributed by atoms with Crippen molar-refractivity contribution >= 4 is 40.1 Å². The Kier molecular flexibility index (Phi) is 8.50. The first-order valence-electron chi connectivity index (χ1n) is 13.4. The third kappa shape index (κ3) is 5.89. The van der Waals surface area contributed by atoms with Gasteiger partial charge in [-0.3, -0.25) is 14.5 Å². The topological polar surface area (TPSA) is 98.6 Å². The summed E-state index contributed by atoms with van der Waals surface area (Å²) in [7, 11) is 3.08. The number of amides is 2. The summed E-state index contributed by atoms with van der Waals surface area (Å²) in [5.41, 5.74) is 2.50. The fraction of sp³-hybridized carbons (Fsp3) is 0.333. The number of nitrogens with zero attached hydrogens (tertiary/aromatic N) is 4. The van der Waals surface area contributed by atoms with E-state index in [0.29, 0.717) is 33.3 Å². The van der Waals surface area contributed by atoms with E-state index in [0.717, 1.165) is 37.6 Å². The lowest BCUT2D eigenvalue weighted by Gasteiger charge is -2.33. The van der Waals surface area contributed by atoms with Gasteiger partial charge in [0.05, 0.1) is 19.7 Å². The molecule has 1 N–H and O–H groups in total. The molecule has 0 radical (unpaired) electrons. The van der Waals surface area contributed by atoms with Crippen molar-refractivity contribution in [3.8, 4) is 11.5 Å². The summed E-state index contributed by atoms with van der Waals surface area (Å²) < 4.78 is 12.5. The molecule has 40 heavy (non-hydrogen) atoms. The van der Waals surface area contributed by atoms with E-state index in [-0.39, 0.29) is 24.4 Å². The molecule has 0 saturated heterocycles. The second-order valence-corrected chi connectivity index (χ2v) is 10.3. The highest BCUT2D eigenvalue weighted by molar-refractivity contribution is 6.30. The second-order valence-electron chi connectivity index (χ2n) is 9.84. The number of aromatic nitrogens is 3. The highest BCUT2D eigenvalue weighted by Gasteiger charge is 2.35. The number of carbonyl (C=O) groups excluding carboxylic acids is 2. The molecule has 0 spiro atoms. The van der Waals surface area contributed by atoms with Crippen molar-refractivity contribution in [1.29, 1.82) is 0 Å². The summed E-state index contributed by atoms with van der Waals surface area (Å²) >= 11 is 6.20. The van der Waals surface area contributed by atoms with E-state index >= 15 is 0 Å². The number of nitrogens with one attached hydrogen (secondary N) is 1. The van der Waals surface area contributed by atoms with Gasteiger partial charge in [0.2, 0.25) is 11.8 Å². The molecular weight excluding hydrogens is 530 g/mol. The number of rotatable bonds is 9. The maximum Gasteiger partial charge on any atom is 0.249 e. The van der Waals surface area contributed by atoms with E-state index in [1.165, 1.54) is 12.0 Å². The van der Waals surface area contributed by atoms with Gasteiger partial charge in [0.15, 0.2) is 11.5 Å². The van der Waals surface area contributed by atoms with Crippen LogP contribution in [0.1, 0.15) is 43.7 Å². The molecule has 0 bridgehead atoms. The summed E-state index contributed by atoms with van der Waals surface area (Å²) in [6.07, 6.45) is 5.11. The first-order chi connectivity index (χ1) is 19.5. The highest BCUT2D eigenvalue weighted by atomic mass is 35.5. The zero-order valence-corrected chi connectivity index (χ0v) is 23.3. The van der Waals surface area contributed by atoms with Gasteiger partial charge >= 0.3 is 0 Å². The number of carbonyl (C=O) groups is 2. The van der Waals surface area contributed by atoms with Crippen molar-refractivity contribution in [1.82, 2.24) is 20.3 Å². The molecule has 0 unspecified atom stereocenters. The molecule has 1 saturated carbocycles. The molecule has 1 fully saturated rings. The average molecular weight is 562 g/mol. The average Bonchev–Trinajstić information content (AvgIpc) is 3.39. The number of para-hydroxylation sites is 1. The monoisotopic (exact) mass is 561 g/mol. The lowest BCUT2D eigenvalue weighted by Crippen LogP contribution is -2.48. The number of methoxy groups -OCH3 is 2. The molecular formula is C30H32ClN5O4. The van der Waals surface area contributed by atoms with Gasteiger partial charge in [-0.25, -0.2) is 4.68 Å². The Morgan fingerprint density at radius 1 is 1.00 bits per heavy atom. The molecule has 1 atom stereocenters.